The first-order valence-electron chi connectivity index (χ1n) is 11.4. The van der Waals surface area contributed by atoms with Gasteiger partial charge in [-0.15, -0.1) is 0 Å². The van der Waals surface area contributed by atoms with Gasteiger partial charge in [-0.2, -0.15) is 0 Å². The van der Waals surface area contributed by atoms with Crippen molar-refractivity contribution in [1.29, 1.82) is 0 Å². The molecule has 0 saturated heterocycles. The van der Waals surface area contributed by atoms with Gasteiger partial charge in [0.25, 0.3) is 0 Å². The molecule has 0 aromatic rings. The van der Waals surface area contributed by atoms with Gasteiger partial charge in [0.15, 0.2) is 0 Å². The molecule has 156 valence electrons. The fraction of sp³-hybridized carbons (Fsp3) is 0.920. The van der Waals surface area contributed by atoms with Crippen LogP contribution in [0.2, 0.25) is 0 Å². The molecule has 0 heterocycles. The Balaban J connectivity index is 3.85. The first-order chi connectivity index (χ1) is 12.2. The van der Waals surface area contributed by atoms with Gasteiger partial charge < -0.3 is 4.74 Å². The molecule has 0 rings (SSSR count). The third-order valence-electron chi connectivity index (χ3n) is 5.64. The Kier molecular flexibility index (Phi) is 15.5. The van der Waals surface area contributed by atoms with E-state index in [1.54, 1.807) is 0 Å². The molecule has 0 fully saturated rings. The van der Waals surface area contributed by atoms with E-state index in [1.165, 1.54) is 56.9 Å². The highest BCUT2D eigenvalue weighted by atomic mass is 16.5. The van der Waals surface area contributed by atoms with Crippen LogP contribution in [0.15, 0.2) is 11.6 Å². The molecule has 0 N–H and O–H groups in total. The minimum Gasteiger partial charge on any atom is -0.381 e. The fourth-order valence-electron chi connectivity index (χ4n) is 3.82. The summed E-state index contributed by atoms with van der Waals surface area (Å²) in [6, 6.07) is 0. The Morgan fingerprint density at radius 1 is 0.769 bits per heavy atom. The quantitative estimate of drug-likeness (QED) is 0.249. The predicted molar refractivity (Wildman–Crippen MR) is 119 cm³/mol. The Hall–Kier alpha value is -0.300. The van der Waals surface area contributed by atoms with Crippen molar-refractivity contribution in [3.05, 3.63) is 11.6 Å². The van der Waals surface area contributed by atoms with Crippen LogP contribution in [0.4, 0.5) is 0 Å². The molecular formula is C25H50O. The highest BCUT2D eigenvalue weighted by molar-refractivity contribution is 5.00. The van der Waals surface area contributed by atoms with Crippen molar-refractivity contribution in [3.63, 3.8) is 0 Å². The minimum absolute atomic E-state index is 0.390. The van der Waals surface area contributed by atoms with Crippen LogP contribution in [0.1, 0.15) is 113 Å². The van der Waals surface area contributed by atoms with Crippen molar-refractivity contribution in [2.24, 2.45) is 23.7 Å². The largest absolute Gasteiger partial charge is 0.381 e. The van der Waals surface area contributed by atoms with Crippen LogP contribution in [-0.4, -0.2) is 13.2 Å². The molecule has 26 heavy (non-hydrogen) atoms. The van der Waals surface area contributed by atoms with Gasteiger partial charge in [-0.05, 0) is 56.3 Å². The molecule has 0 aliphatic heterocycles. The summed E-state index contributed by atoms with van der Waals surface area (Å²) in [5.74, 6) is 3.34. The van der Waals surface area contributed by atoms with Gasteiger partial charge in [0.1, 0.15) is 0 Å². The number of hydrogen-bond donors (Lipinski definition) is 0. The van der Waals surface area contributed by atoms with E-state index in [4.69, 9.17) is 4.74 Å². The van der Waals surface area contributed by atoms with E-state index >= 15 is 0 Å². The van der Waals surface area contributed by atoms with Crippen LogP contribution in [0, 0.1) is 23.7 Å². The van der Waals surface area contributed by atoms with Crippen LogP contribution in [-0.2, 0) is 4.74 Å². The lowest BCUT2D eigenvalue weighted by Gasteiger charge is -2.18. The summed E-state index contributed by atoms with van der Waals surface area (Å²) in [5, 5.41) is 0. The van der Waals surface area contributed by atoms with E-state index in [0.29, 0.717) is 12.0 Å². The SMILES string of the molecule is COC(CC(C)=CCCC(C)CCCC(C)CCCC(C)C)CC(C)C. The van der Waals surface area contributed by atoms with E-state index in [9.17, 15) is 0 Å². The zero-order valence-corrected chi connectivity index (χ0v) is 19.4. The fourth-order valence-corrected chi connectivity index (χ4v) is 3.82. The van der Waals surface area contributed by atoms with Gasteiger partial charge >= 0.3 is 0 Å². The lowest BCUT2D eigenvalue weighted by molar-refractivity contribution is 0.0847. The molecule has 1 nitrogen and oxygen atoms in total. The number of hydrogen-bond acceptors (Lipinski definition) is 1. The molecule has 0 bridgehead atoms. The van der Waals surface area contributed by atoms with Gasteiger partial charge in [-0.25, -0.2) is 0 Å². The topological polar surface area (TPSA) is 9.23 Å². The molecular weight excluding hydrogens is 316 g/mol. The molecule has 0 amide bonds. The third-order valence-corrected chi connectivity index (χ3v) is 5.64. The molecule has 0 radical (unpaired) electrons. The van der Waals surface area contributed by atoms with E-state index in [2.05, 4.69) is 54.5 Å². The average molecular weight is 367 g/mol. The molecule has 3 unspecified atom stereocenters. The van der Waals surface area contributed by atoms with Crippen molar-refractivity contribution in [1.82, 2.24) is 0 Å². The molecule has 1 heteroatoms. The maximum absolute atomic E-state index is 5.63. The molecule has 0 aliphatic rings. The lowest BCUT2D eigenvalue weighted by Crippen LogP contribution is -2.13. The zero-order valence-electron chi connectivity index (χ0n) is 19.4. The second-order valence-corrected chi connectivity index (χ2v) is 9.79. The minimum atomic E-state index is 0.390. The second-order valence-electron chi connectivity index (χ2n) is 9.79. The summed E-state index contributed by atoms with van der Waals surface area (Å²) in [4.78, 5) is 0. The van der Waals surface area contributed by atoms with Crippen LogP contribution in [0.3, 0.4) is 0 Å². The Morgan fingerprint density at radius 2 is 1.31 bits per heavy atom. The summed E-state index contributed by atoms with van der Waals surface area (Å²) in [5.41, 5.74) is 1.50. The van der Waals surface area contributed by atoms with Crippen molar-refractivity contribution in [3.8, 4) is 0 Å². The molecule has 0 spiro atoms. The van der Waals surface area contributed by atoms with Crippen molar-refractivity contribution in [2.45, 2.75) is 119 Å². The molecule has 0 saturated carbocycles. The van der Waals surface area contributed by atoms with Crippen molar-refractivity contribution < 1.29 is 4.74 Å². The van der Waals surface area contributed by atoms with Crippen LogP contribution < -0.4 is 0 Å². The van der Waals surface area contributed by atoms with Crippen LogP contribution in [0.25, 0.3) is 0 Å². The third kappa shape index (κ3) is 15.9. The average Bonchev–Trinajstić information content (AvgIpc) is 2.53. The number of allylic oxidation sites excluding steroid dienone is 1. The smallest absolute Gasteiger partial charge is 0.0610 e. The van der Waals surface area contributed by atoms with Gasteiger partial charge in [0.2, 0.25) is 0 Å². The number of methoxy groups -OCH3 is 1. The normalized spacial score (nSPS) is 16.3. The number of rotatable bonds is 16. The molecule has 0 aromatic carbocycles. The van der Waals surface area contributed by atoms with Crippen molar-refractivity contribution in [2.75, 3.05) is 7.11 Å². The van der Waals surface area contributed by atoms with Crippen LogP contribution >= 0.6 is 0 Å². The highest BCUT2D eigenvalue weighted by Crippen LogP contribution is 2.22. The lowest BCUT2D eigenvalue weighted by atomic mass is 9.92. The summed E-state index contributed by atoms with van der Waals surface area (Å²) in [6.45, 7) is 16.4. The van der Waals surface area contributed by atoms with E-state index < -0.39 is 0 Å². The summed E-state index contributed by atoms with van der Waals surface area (Å²) >= 11 is 0. The summed E-state index contributed by atoms with van der Waals surface area (Å²) in [6.07, 6.45) is 16.1. The van der Waals surface area contributed by atoms with Gasteiger partial charge in [0, 0.05) is 7.11 Å². The maximum Gasteiger partial charge on any atom is 0.0610 e. The van der Waals surface area contributed by atoms with E-state index in [0.717, 1.165) is 30.6 Å². The first-order valence-corrected chi connectivity index (χ1v) is 11.4. The molecule has 3 atom stereocenters. The van der Waals surface area contributed by atoms with Gasteiger partial charge in [-0.1, -0.05) is 91.7 Å². The predicted octanol–water partition coefficient (Wildman–Crippen LogP) is 8.43. The van der Waals surface area contributed by atoms with E-state index in [1.807, 2.05) is 7.11 Å². The van der Waals surface area contributed by atoms with Crippen molar-refractivity contribution >= 4 is 0 Å². The standard InChI is InChI=1S/C25H50O/c1-20(2)12-9-13-22(5)14-10-15-23(6)16-11-17-24(7)19-25(26-8)18-21(3)4/h17,20-23,25H,9-16,18-19H2,1-8H3. The Bertz CT molecular complexity index is 342. The van der Waals surface area contributed by atoms with Crippen LogP contribution in [0.5, 0.6) is 0 Å². The van der Waals surface area contributed by atoms with Gasteiger partial charge in [-0.3, -0.25) is 0 Å². The number of ether oxygens (including phenoxy) is 1. The summed E-state index contributed by atoms with van der Waals surface area (Å²) < 4.78 is 5.63. The monoisotopic (exact) mass is 366 g/mol. The van der Waals surface area contributed by atoms with E-state index in [-0.39, 0.29) is 0 Å². The molecule has 0 aliphatic carbocycles. The Labute approximate surface area is 166 Å². The zero-order chi connectivity index (χ0) is 19.9. The molecule has 0 aromatic heterocycles. The maximum atomic E-state index is 5.63. The second kappa shape index (κ2) is 15.7. The first kappa shape index (κ1) is 25.7. The van der Waals surface area contributed by atoms with Gasteiger partial charge in [0.05, 0.1) is 6.10 Å². The Morgan fingerprint density at radius 3 is 1.81 bits per heavy atom. The highest BCUT2D eigenvalue weighted by Gasteiger charge is 2.10. The summed E-state index contributed by atoms with van der Waals surface area (Å²) in [7, 11) is 1.85.